The van der Waals surface area contributed by atoms with Gasteiger partial charge in [0, 0.05) is 30.2 Å². The zero-order valence-electron chi connectivity index (χ0n) is 12.2. The summed E-state index contributed by atoms with van der Waals surface area (Å²) in [4.78, 5) is 17.1. The number of piperidine rings is 1. The van der Waals surface area contributed by atoms with Crippen molar-refractivity contribution in [3.05, 3.63) is 36.0 Å². The number of amides is 1. The standard InChI is InChI=1S/C16H21N3O.ClH/c1-11(17)16(20)19-8-6-12(7-9-19)14-10-18-15-5-3-2-4-13(14)15;/h2-5,10-12,18H,6-9,17H2,1H3;1H. The van der Waals surface area contributed by atoms with Gasteiger partial charge in [0.05, 0.1) is 6.04 Å². The highest BCUT2D eigenvalue weighted by Crippen LogP contribution is 2.33. The number of H-pyrrole nitrogens is 1. The topological polar surface area (TPSA) is 62.1 Å². The normalized spacial score (nSPS) is 17.5. The van der Waals surface area contributed by atoms with E-state index in [-0.39, 0.29) is 24.4 Å². The maximum atomic E-state index is 11.9. The predicted octanol–water partition coefficient (Wildman–Crippen LogP) is 2.64. The number of rotatable bonds is 2. The second-order valence-electron chi connectivity index (χ2n) is 5.68. The zero-order valence-corrected chi connectivity index (χ0v) is 13.0. The smallest absolute Gasteiger partial charge is 0.239 e. The molecule has 1 aromatic heterocycles. The van der Waals surface area contributed by atoms with E-state index >= 15 is 0 Å². The lowest BCUT2D eigenvalue weighted by Crippen LogP contribution is -2.45. The summed E-state index contributed by atoms with van der Waals surface area (Å²) in [6, 6.07) is 8.01. The van der Waals surface area contributed by atoms with Gasteiger partial charge in [0.15, 0.2) is 0 Å². The van der Waals surface area contributed by atoms with Gasteiger partial charge in [0.25, 0.3) is 0 Å². The third kappa shape index (κ3) is 3.06. The van der Waals surface area contributed by atoms with Crippen LogP contribution in [0.15, 0.2) is 30.5 Å². The minimum Gasteiger partial charge on any atom is -0.361 e. The average molecular weight is 308 g/mol. The Kier molecular flexibility index (Phi) is 4.91. The monoisotopic (exact) mass is 307 g/mol. The quantitative estimate of drug-likeness (QED) is 0.896. The molecule has 21 heavy (non-hydrogen) atoms. The van der Waals surface area contributed by atoms with Crippen molar-refractivity contribution >= 4 is 29.2 Å². The summed E-state index contributed by atoms with van der Waals surface area (Å²) in [6.07, 6.45) is 4.15. The van der Waals surface area contributed by atoms with Gasteiger partial charge in [-0.25, -0.2) is 0 Å². The van der Waals surface area contributed by atoms with E-state index in [1.165, 1.54) is 16.5 Å². The summed E-state index contributed by atoms with van der Waals surface area (Å²) in [5.74, 6) is 0.602. The Labute approximate surface area is 131 Å². The number of nitrogens with one attached hydrogen (secondary N) is 1. The first kappa shape index (κ1) is 15.9. The molecule has 2 heterocycles. The average Bonchev–Trinajstić information content (AvgIpc) is 2.90. The lowest BCUT2D eigenvalue weighted by Gasteiger charge is -2.33. The number of para-hydroxylation sites is 1. The van der Waals surface area contributed by atoms with E-state index in [1.807, 2.05) is 11.0 Å². The molecule has 1 saturated heterocycles. The highest BCUT2D eigenvalue weighted by molar-refractivity contribution is 5.85. The molecule has 4 nitrogen and oxygen atoms in total. The summed E-state index contributed by atoms with van der Waals surface area (Å²) < 4.78 is 0. The summed E-state index contributed by atoms with van der Waals surface area (Å²) >= 11 is 0. The van der Waals surface area contributed by atoms with Crippen LogP contribution in [0.2, 0.25) is 0 Å². The number of benzene rings is 1. The van der Waals surface area contributed by atoms with E-state index in [4.69, 9.17) is 5.73 Å². The SMILES string of the molecule is CC(N)C(=O)N1CCC(c2c[nH]c3ccccc23)CC1.Cl. The lowest BCUT2D eigenvalue weighted by atomic mass is 9.89. The van der Waals surface area contributed by atoms with Crippen molar-refractivity contribution in [2.45, 2.75) is 31.7 Å². The third-order valence-electron chi connectivity index (χ3n) is 4.26. The van der Waals surface area contributed by atoms with E-state index in [1.54, 1.807) is 6.92 Å². The maximum Gasteiger partial charge on any atom is 0.239 e. The first-order valence-electron chi connectivity index (χ1n) is 7.27. The molecule has 1 atom stereocenters. The van der Waals surface area contributed by atoms with Crippen LogP contribution in [0.5, 0.6) is 0 Å². The van der Waals surface area contributed by atoms with Crippen molar-refractivity contribution in [3.63, 3.8) is 0 Å². The van der Waals surface area contributed by atoms with E-state index in [0.717, 1.165) is 25.9 Å². The van der Waals surface area contributed by atoms with Crippen molar-refractivity contribution in [2.75, 3.05) is 13.1 Å². The Bertz CT molecular complexity index is 615. The Hall–Kier alpha value is -1.52. The van der Waals surface area contributed by atoms with Crippen LogP contribution in [0.1, 0.15) is 31.2 Å². The van der Waals surface area contributed by atoms with Gasteiger partial charge in [-0.1, -0.05) is 18.2 Å². The van der Waals surface area contributed by atoms with Crippen molar-refractivity contribution in [1.82, 2.24) is 9.88 Å². The van der Waals surface area contributed by atoms with E-state index in [2.05, 4.69) is 29.4 Å². The molecule has 1 aromatic carbocycles. The molecule has 5 heteroatoms. The van der Waals surface area contributed by atoms with Gasteiger partial charge in [0.1, 0.15) is 0 Å². The fraction of sp³-hybridized carbons (Fsp3) is 0.438. The molecule has 1 aliphatic heterocycles. The molecule has 3 N–H and O–H groups in total. The van der Waals surface area contributed by atoms with Crippen LogP contribution in [0.3, 0.4) is 0 Å². The van der Waals surface area contributed by atoms with Crippen LogP contribution in [0, 0.1) is 0 Å². The minimum atomic E-state index is -0.389. The molecule has 1 unspecified atom stereocenters. The highest BCUT2D eigenvalue weighted by atomic mass is 35.5. The molecule has 1 fully saturated rings. The number of fused-ring (bicyclic) bond motifs is 1. The molecule has 114 valence electrons. The number of aromatic amines is 1. The second-order valence-corrected chi connectivity index (χ2v) is 5.68. The summed E-state index contributed by atoms with van der Waals surface area (Å²) in [7, 11) is 0. The minimum absolute atomic E-state index is 0. The van der Waals surface area contributed by atoms with E-state index in [0.29, 0.717) is 5.92 Å². The molecule has 0 bridgehead atoms. The number of nitrogens with zero attached hydrogens (tertiary/aromatic N) is 1. The van der Waals surface area contributed by atoms with Gasteiger partial charge in [-0.2, -0.15) is 0 Å². The highest BCUT2D eigenvalue weighted by Gasteiger charge is 2.26. The summed E-state index contributed by atoms with van der Waals surface area (Å²) in [5, 5.41) is 1.31. The molecule has 3 rings (SSSR count). The Morgan fingerprint density at radius 2 is 2.00 bits per heavy atom. The largest absolute Gasteiger partial charge is 0.361 e. The summed E-state index contributed by atoms with van der Waals surface area (Å²) in [5.41, 5.74) is 8.25. The summed E-state index contributed by atoms with van der Waals surface area (Å²) in [6.45, 7) is 3.38. The Balaban J connectivity index is 0.00000161. The number of carbonyl (C=O) groups is 1. The zero-order chi connectivity index (χ0) is 14.1. The van der Waals surface area contributed by atoms with E-state index in [9.17, 15) is 4.79 Å². The number of likely N-dealkylation sites (tertiary alicyclic amines) is 1. The molecular weight excluding hydrogens is 286 g/mol. The number of halogens is 1. The fourth-order valence-electron chi connectivity index (χ4n) is 3.13. The molecule has 1 aliphatic rings. The van der Waals surface area contributed by atoms with Crippen LogP contribution in [0.4, 0.5) is 0 Å². The van der Waals surface area contributed by atoms with Crippen LogP contribution in [-0.2, 0) is 4.79 Å². The van der Waals surface area contributed by atoms with Crippen molar-refractivity contribution in [1.29, 1.82) is 0 Å². The van der Waals surface area contributed by atoms with Gasteiger partial charge in [0.2, 0.25) is 5.91 Å². The van der Waals surface area contributed by atoms with E-state index < -0.39 is 0 Å². The van der Waals surface area contributed by atoms with Crippen molar-refractivity contribution < 1.29 is 4.79 Å². The number of hydrogen-bond donors (Lipinski definition) is 2. The van der Waals surface area contributed by atoms with Gasteiger partial charge in [-0.15, -0.1) is 12.4 Å². The van der Waals surface area contributed by atoms with Gasteiger partial charge in [-0.3, -0.25) is 4.79 Å². The molecule has 2 aromatic rings. The molecule has 0 saturated carbocycles. The number of nitrogens with two attached hydrogens (primary N) is 1. The van der Waals surface area contributed by atoms with Crippen LogP contribution >= 0.6 is 12.4 Å². The second kappa shape index (κ2) is 6.50. The molecule has 0 spiro atoms. The number of aromatic nitrogens is 1. The van der Waals surface area contributed by atoms with Crippen LogP contribution in [-0.4, -0.2) is 34.9 Å². The molecule has 0 aliphatic carbocycles. The molecule has 0 radical (unpaired) electrons. The molecular formula is C16H22ClN3O. The maximum absolute atomic E-state index is 11.9. The number of carbonyl (C=O) groups excluding carboxylic acids is 1. The lowest BCUT2D eigenvalue weighted by molar-refractivity contribution is -0.133. The Morgan fingerprint density at radius 3 is 2.67 bits per heavy atom. The van der Waals surface area contributed by atoms with Crippen LogP contribution in [0.25, 0.3) is 10.9 Å². The van der Waals surface area contributed by atoms with Gasteiger partial charge < -0.3 is 15.6 Å². The predicted molar refractivity (Wildman–Crippen MR) is 87.8 cm³/mol. The first-order valence-corrected chi connectivity index (χ1v) is 7.27. The first-order chi connectivity index (χ1) is 9.66. The molecule has 1 amide bonds. The van der Waals surface area contributed by atoms with Gasteiger partial charge in [-0.05, 0) is 37.3 Å². The van der Waals surface area contributed by atoms with Gasteiger partial charge >= 0.3 is 0 Å². The number of hydrogen-bond acceptors (Lipinski definition) is 2. The van der Waals surface area contributed by atoms with Crippen molar-refractivity contribution in [2.24, 2.45) is 5.73 Å². The fourth-order valence-corrected chi connectivity index (χ4v) is 3.13. The van der Waals surface area contributed by atoms with Crippen molar-refractivity contribution in [3.8, 4) is 0 Å². The Morgan fingerprint density at radius 1 is 1.33 bits per heavy atom. The van der Waals surface area contributed by atoms with Crippen LogP contribution < -0.4 is 5.73 Å². The third-order valence-corrected chi connectivity index (χ3v) is 4.26.